The number of phenols is 2. The highest BCUT2D eigenvalue weighted by Crippen LogP contribution is 2.45. The number of hydrogen-bond donors (Lipinski definition) is 2. The molecule has 0 saturated heterocycles. The van der Waals surface area contributed by atoms with Crippen LogP contribution in [0.2, 0.25) is 0 Å². The van der Waals surface area contributed by atoms with Crippen molar-refractivity contribution in [3.63, 3.8) is 0 Å². The van der Waals surface area contributed by atoms with Crippen molar-refractivity contribution in [3.8, 4) is 11.5 Å². The van der Waals surface area contributed by atoms with Crippen LogP contribution in [0.1, 0.15) is 0 Å². The third-order valence-corrected chi connectivity index (χ3v) is 6.23. The van der Waals surface area contributed by atoms with E-state index in [4.69, 9.17) is 0 Å². The molecular weight excluding hydrogens is 283 g/mol. The van der Waals surface area contributed by atoms with Crippen molar-refractivity contribution in [2.45, 2.75) is 0 Å². The Kier molecular flexibility index (Phi) is 3.23. The Morgan fingerprint density at radius 3 is 2.10 bits per heavy atom. The maximum Gasteiger partial charge on any atom is 0.144 e. The van der Waals surface area contributed by atoms with Crippen molar-refractivity contribution >= 4 is 28.5 Å². The molecule has 0 heterocycles. The van der Waals surface area contributed by atoms with Crippen LogP contribution in [-0.2, 0) is 4.57 Å². The molecule has 3 nitrogen and oxygen atoms in total. The van der Waals surface area contributed by atoms with Crippen LogP contribution in [0.5, 0.6) is 11.5 Å². The molecule has 0 saturated carbocycles. The molecule has 3 rings (SSSR count). The summed E-state index contributed by atoms with van der Waals surface area (Å²) in [6.45, 7) is 1.60. The van der Waals surface area contributed by atoms with Crippen LogP contribution in [0.3, 0.4) is 0 Å². The van der Waals surface area contributed by atoms with Crippen molar-refractivity contribution in [1.29, 1.82) is 0 Å². The van der Waals surface area contributed by atoms with Gasteiger partial charge in [-0.05, 0) is 12.7 Å². The third-order valence-electron chi connectivity index (χ3n) is 3.68. The fourth-order valence-electron chi connectivity index (χ4n) is 2.50. The van der Waals surface area contributed by atoms with E-state index in [0.717, 1.165) is 0 Å². The fourth-order valence-corrected chi connectivity index (χ4v) is 4.42. The van der Waals surface area contributed by atoms with E-state index >= 15 is 0 Å². The second-order valence-corrected chi connectivity index (χ2v) is 7.92. The zero-order valence-corrected chi connectivity index (χ0v) is 12.4. The Hall–Kier alpha value is -2.25. The first kappa shape index (κ1) is 13.7. The minimum atomic E-state index is -2.98. The second kappa shape index (κ2) is 4.94. The molecule has 0 amide bonds. The predicted molar refractivity (Wildman–Crippen MR) is 86.5 cm³/mol. The number of hydrogen-bond acceptors (Lipinski definition) is 3. The normalized spacial score (nSPS) is 14.0. The summed E-state index contributed by atoms with van der Waals surface area (Å²) in [6.07, 6.45) is 0. The summed E-state index contributed by atoms with van der Waals surface area (Å²) in [5.74, 6) is -0.00510. The van der Waals surface area contributed by atoms with Crippen LogP contribution in [0, 0.1) is 0 Å². The number of benzene rings is 3. The molecule has 21 heavy (non-hydrogen) atoms. The van der Waals surface area contributed by atoms with Gasteiger partial charge in [-0.15, -0.1) is 0 Å². The summed E-state index contributed by atoms with van der Waals surface area (Å²) in [7, 11) is -2.98. The molecule has 0 aliphatic heterocycles. The van der Waals surface area contributed by atoms with Crippen molar-refractivity contribution < 1.29 is 14.8 Å². The lowest BCUT2D eigenvalue weighted by atomic mass is 10.1. The molecule has 0 fully saturated rings. The van der Waals surface area contributed by atoms with Crippen LogP contribution < -0.4 is 10.6 Å². The molecule has 0 aliphatic carbocycles. The molecular formula is C17H15O3P. The highest BCUT2D eigenvalue weighted by molar-refractivity contribution is 7.78. The highest BCUT2D eigenvalue weighted by Gasteiger charge is 2.26. The molecule has 106 valence electrons. The van der Waals surface area contributed by atoms with Gasteiger partial charge < -0.3 is 14.8 Å². The standard InChI is InChI=1S/C17H15O3P/c1-21(20,12-7-3-2-4-8-12)16-11-15(18)13-9-5-6-10-14(13)17(16)19/h2-11,18-19H,1H3. The molecule has 0 radical (unpaired) electrons. The fraction of sp³-hybridized carbons (Fsp3) is 0.0588. The first-order valence-corrected chi connectivity index (χ1v) is 8.74. The van der Waals surface area contributed by atoms with Gasteiger partial charge in [-0.2, -0.15) is 0 Å². The number of phenolic OH excluding ortho intramolecular Hbond substituents is 2. The molecule has 3 aromatic carbocycles. The van der Waals surface area contributed by atoms with E-state index in [1.54, 1.807) is 43.1 Å². The van der Waals surface area contributed by atoms with Gasteiger partial charge in [0.25, 0.3) is 0 Å². The van der Waals surface area contributed by atoms with Crippen molar-refractivity contribution in [1.82, 2.24) is 0 Å². The van der Waals surface area contributed by atoms with E-state index in [2.05, 4.69) is 0 Å². The van der Waals surface area contributed by atoms with E-state index in [-0.39, 0.29) is 16.8 Å². The van der Waals surface area contributed by atoms with Crippen LogP contribution >= 0.6 is 7.14 Å². The topological polar surface area (TPSA) is 57.5 Å². The molecule has 4 heteroatoms. The zero-order valence-electron chi connectivity index (χ0n) is 11.5. The lowest BCUT2D eigenvalue weighted by molar-refractivity contribution is 0.472. The molecule has 2 N–H and O–H groups in total. The minimum Gasteiger partial charge on any atom is -0.507 e. The number of rotatable bonds is 2. The smallest absolute Gasteiger partial charge is 0.144 e. The summed E-state index contributed by atoms with van der Waals surface area (Å²) in [6, 6.07) is 17.4. The number of aromatic hydroxyl groups is 2. The summed E-state index contributed by atoms with van der Waals surface area (Å²) in [5.41, 5.74) is 0. The van der Waals surface area contributed by atoms with Gasteiger partial charge in [-0.1, -0.05) is 54.6 Å². The Morgan fingerprint density at radius 1 is 0.857 bits per heavy atom. The van der Waals surface area contributed by atoms with Gasteiger partial charge in [0, 0.05) is 16.1 Å². The van der Waals surface area contributed by atoms with E-state index in [0.29, 0.717) is 16.1 Å². The van der Waals surface area contributed by atoms with E-state index in [9.17, 15) is 14.8 Å². The molecule has 0 aromatic heterocycles. The molecule has 0 bridgehead atoms. The SMILES string of the molecule is CP(=O)(c1ccccc1)c1cc(O)c2ccccc2c1O. The van der Waals surface area contributed by atoms with Gasteiger partial charge in [0.1, 0.15) is 18.6 Å². The molecule has 3 aromatic rings. The maximum atomic E-state index is 13.2. The molecule has 1 atom stereocenters. The van der Waals surface area contributed by atoms with Crippen molar-refractivity contribution in [2.24, 2.45) is 0 Å². The van der Waals surface area contributed by atoms with Crippen molar-refractivity contribution in [3.05, 3.63) is 60.7 Å². The van der Waals surface area contributed by atoms with Crippen LogP contribution in [-0.4, -0.2) is 16.9 Å². The first-order chi connectivity index (χ1) is 10.0. The minimum absolute atomic E-state index is 0.0245. The van der Waals surface area contributed by atoms with Gasteiger partial charge in [-0.25, -0.2) is 0 Å². The van der Waals surface area contributed by atoms with Crippen LogP contribution in [0.15, 0.2) is 60.7 Å². The summed E-state index contributed by atoms with van der Waals surface area (Å²) in [4.78, 5) is 0. The van der Waals surface area contributed by atoms with Gasteiger partial charge in [0.2, 0.25) is 0 Å². The molecule has 1 unspecified atom stereocenters. The monoisotopic (exact) mass is 298 g/mol. The van der Waals surface area contributed by atoms with Gasteiger partial charge in [0.05, 0.1) is 5.30 Å². The quantitative estimate of drug-likeness (QED) is 0.564. The van der Waals surface area contributed by atoms with E-state index in [1.807, 2.05) is 18.2 Å². The Morgan fingerprint density at radius 2 is 1.43 bits per heavy atom. The predicted octanol–water partition coefficient (Wildman–Crippen LogP) is 3.19. The third kappa shape index (κ3) is 2.20. The van der Waals surface area contributed by atoms with Gasteiger partial charge in [0.15, 0.2) is 0 Å². The zero-order chi connectivity index (χ0) is 15.0. The number of fused-ring (bicyclic) bond motifs is 1. The van der Waals surface area contributed by atoms with Gasteiger partial charge >= 0.3 is 0 Å². The second-order valence-electron chi connectivity index (χ2n) is 5.07. The van der Waals surface area contributed by atoms with Crippen LogP contribution in [0.25, 0.3) is 10.8 Å². The Labute approximate surface area is 122 Å². The van der Waals surface area contributed by atoms with Crippen molar-refractivity contribution in [2.75, 3.05) is 6.66 Å². The molecule has 0 aliphatic rings. The average molecular weight is 298 g/mol. The van der Waals surface area contributed by atoms with Crippen LogP contribution in [0.4, 0.5) is 0 Å². The largest absolute Gasteiger partial charge is 0.507 e. The summed E-state index contributed by atoms with van der Waals surface area (Å²) >= 11 is 0. The summed E-state index contributed by atoms with van der Waals surface area (Å²) in [5, 5.41) is 22.6. The van der Waals surface area contributed by atoms with E-state index in [1.165, 1.54) is 6.07 Å². The maximum absolute atomic E-state index is 13.2. The molecule has 0 spiro atoms. The van der Waals surface area contributed by atoms with Gasteiger partial charge in [-0.3, -0.25) is 0 Å². The average Bonchev–Trinajstić information content (AvgIpc) is 2.51. The lowest BCUT2D eigenvalue weighted by Crippen LogP contribution is -2.15. The Balaban J connectivity index is 2.31. The first-order valence-electron chi connectivity index (χ1n) is 6.59. The highest BCUT2D eigenvalue weighted by atomic mass is 31.2. The summed E-state index contributed by atoms with van der Waals surface area (Å²) < 4.78 is 13.2. The Bertz CT molecular complexity index is 857. The van der Waals surface area contributed by atoms with E-state index < -0.39 is 7.14 Å². The lowest BCUT2D eigenvalue weighted by Gasteiger charge is -2.17.